The van der Waals surface area contributed by atoms with Gasteiger partial charge in [0.2, 0.25) is 0 Å². The molecule has 1 heterocycles. The second-order valence-corrected chi connectivity index (χ2v) is 11.7. The summed E-state index contributed by atoms with van der Waals surface area (Å²) < 4.78 is 0. The van der Waals surface area contributed by atoms with Crippen LogP contribution in [0.4, 0.5) is 0 Å². The van der Waals surface area contributed by atoms with Gasteiger partial charge in [0.05, 0.1) is 12.5 Å². The van der Waals surface area contributed by atoms with E-state index in [2.05, 4.69) is 19.2 Å². The zero-order valence-electron chi connectivity index (χ0n) is 22.5. The Bertz CT molecular complexity index is 1250. The Hall–Kier alpha value is -2.90. The molecule has 2 aromatic carbocycles. The van der Waals surface area contributed by atoms with Gasteiger partial charge in [0.25, 0.3) is 11.8 Å². The van der Waals surface area contributed by atoms with Crippen LogP contribution in [0.2, 0.25) is 10.0 Å². The number of carboxylic acids is 1. The summed E-state index contributed by atoms with van der Waals surface area (Å²) in [5, 5.41) is 12.3. The van der Waals surface area contributed by atoms with Crippen LogP contribution in [0.1, 0.15) is 86.8 Å². The van der Waals surface area contributed by atoms with E-state index in [1.807, 2.05) is 24.0 Å². The molecule has 7 nitrogen and oxygen atoms in total. The van der Waals surface area contributed by atoms with Gasteiger partial charge in [-0.2, -0.15) is 0 Å². The molecule has 1 spiro atoms. The molecule has 208 valence electrons. The van der Waals surface area contributed by atoms with Gasteiger partial charge in [-0.25, -0.2) is 0 Å². The number of aliphatic imine (C=N–C) groups is 1. The fourth-order valence-corrected chi connectivity index (χ4v) is 6.38. The molecule has 2 N–H and O–H groups in total. The zero-order chi connectivity index (χ0) is 28.3. The van der Waals surface area contributed by atoms with Gasteiger partial charge in [0.1, 0.15) is 11.4 Å². The molecule has 0 bridgehead atoms. The minimum Gasteiger partial charge on any atom is -0.481 e. The number of carboxylic acid groups (broad SMARTS) is 1. The van der Waals surface area contributed by atoms with Crippen molar-refractivity contribution in [1.82, 2.24) is 10.2 Å². The molecule has 1 saturated carbocycles. The summed E-state index contributed by atoms with van der Waals surface area (Å²) in [6.07, 6.45) is 4.06. The van der Waals surface area contributed by atoms with Gasteiger partial charge in [-0.15, -0.1) is 0 Å². The van der Waals surface area contributed by atoms with Crippen molar-refractivity contribution in [1.29, 1.82) is 0 Å². The van der Waals surface area contributed by atoms with Gasteiger partial charge in [0.15, 0.2) is 0 Å². The number of nitrogens with zero attached hydrogens (tertiary/aromatic N) is 2. The third-order valence-electron chi connectivity index (χ3n) is 7.98. The summed E-state index contributed by atoms with van der Waals surface area (Å²) in [7, 11) is 0. The first-order chi connectivity index (χ1) is 18.5. The Balaban J connectivity index is 1.66. The molecule has 1 fully saturated rings. The monoisotopic (exact) mass is 571 g/mol. The summed E-state index contributed by atoms with van der Waals surface area (Å²) in [5.74, 6) is -0.283. The zero-order valence-corrected chi connectivity index (χ0v) is 24.1. The lowest BCUT2D eigenvalue weighted by atomic mass is 9.76. The Morgan fingerprint density at radius 3 is 2.26 bits per heavy atom. The average molecular weight is 573 g/mol. The molecule has 0 radical (unpaired) electrons. The fraction of sp³-hybridized carbons (Fsp3) is 0.467. The van der Waals surface area contributed by atoms with Crippen LogP contribution in [0.3, 0.4) is 0 Å². The highest BCUT2D eigenvalue weighted by Gasteiger charge is 2.51. The lowest BCUT2D eigenvalue weighted by molar-refractivity contribution is -0.137. The van der Waals surface area contributed by atoms with Crippen molar-refractivity contribution in [2.24, 2.45) is 16.8 Å². The number of amides is 2. The van der Waals surface area contributed by atoms with Gasteiger partial charge in [0, 0.05) is 27.7 Å². The first kappa shape index (κ1) is 29.1. The van der Waals surface area contributed by atoms with Crippen LogP contribution in [-0.4, -0.2) is 45.7 Å². The van der Waals surface area contributed by atoms with E-state index in [4.69, 9.17) is 33.3 Å². The normalized spacial score (nSPS) is 21.8. The van der Waals surface area contributed by atoms with Gasteiger partial charge in [-0.3, -0.25) is 19.4 Å². The average Bonchev–Trinajstić information content (AvgIpc) is 3.16. The third-order valence-corrected chi connectivity index (χ3v) is 8.42. The first-order valence-corrected chi connectivity index (χ1v) is 14.3. The van der Waals surface area contributed by atoms with Crippen molar-refractivity contribution in [3.8, 4) is 0 Å². The highest BCUT2D eigenvalue weighted by Crippen LogP contribution is 2.47. The van der Waals surface area contributed by atoms with Gasteiger partial charge >= 0.3 is 5.97 Å². The standard InChI is InChI=1S/C30H35Cl2N3O4/c1-4-25(20-5-7-21(8-6-20)28(38)33-14-11-26(36)37)35-29(39)27(22-15-23(31)17-24(32)16-22)34-30(35)12-9-19(10-13-30)18(2)3/h5-8,15-19,25H,4,9-14H2,1-3H3,(H,33,38)(H,36,37). The number of aliphatic carboxylic acids is 1. The second-order valence-electron chi connectivity index (χ2n) is 10.8. The van der Waals surface area contributed by atoms with E-state index in [1.165, 1.54) is 0 Å². The predicted octanol–water partition coefficient (Wildman–Crippen LogP) is 6.52. The predicted molar refractivity (Wildman–Crippen MR) is 153 cm³/mol. The van der Waals surface area contributed by atoms with Crippen molar-refractivity contribution in [3.05, 3.63) is 69.2 Å². The van der Waals surface area contributed by atoms with Crippen LogP contribution in [0.25, 0.3) is 0 Å². The third kappa shape index (κ3) is 6.30. The lowest BCUT2D eigenvalue weighted by Crippen LogP contribution is -2.51. The van der Waals surface area contributed by atoms with E-state index in [9.17, 15) is 14.4 Å². The Morgan fingerprint density at radius 1 is 1.10 bits per heavy atom. The largest absolute Gasteiger partial charge is 0.481 e. The molecule has 2 aliphatic rings. The topological polar surface area (TPSA) is 99.1 Å². The molecule has 9 heteroatoms. The number of carbonyl (C=O) groups is 3. The summed E-state index contributed by atoms with van der Waals surface area (Å²) in [6, 6.07) is 12.0. The molecular weight excluding hydrogens is 537 g/mol. The van der Waals surface area contributed by atoms with Crippen LogP contribution in [0.15, 0.2) is 47.5 Å². The molecule has 0 saturated heterocycles. The van der Waals surface area contributed by atoms with Crippen LogP contribution in [0.5, 0.6) is 0 Å². The van der Waals surface area contributed by atoms with Gasteiger partial charge in [-0.1, -0.05) is 56.1 Å². The Labute approximate surface area is 239 Å². The van der Waals surface area contributed by atoms with Gasteiger partial charge < -0.3 is 15.3 Å². The Morgan fingerprint density at radius 2 is 1.72 bits per heavy atom. The summed E-state index contributed by atoms with van der Waals surface area (Å²) in [5.41, 5.74) is 1.70. The van der Waals surface area contributed by atoms with E-state index >= 15 is 0 Å². The van der Waals surface area contributed by atoms with Crippen molar-refractivity contribution in [2.75, 3.05) is 6.54 Å². The maximum absolute atomic E-state index is 14.1. The van der Waals surface area contributed by atoms with Gasteiger partial charge in [-0.05, 0) is 79.8 Å². The van der Waals surface area contributed by atoms with E-state index in [1.54, 1.807) is 30.3 Å². The van der Waals surface area contributed by atoms with Crippen molar-refractivity contribution in [3.63, 3.8) is 0 Å². The molecule has 1 unspecified atom stereocenters. The summed E-state index contributed by atoms with van der Waals surface area (Å²) >= 11 is 12.6. The molecular formula is C30H35Cl2N3O4. The quantitative estimate of drug-likeness (QED) is 0.357. The second kappa shape index (κ2) is 12.1. The maximum atomic E-state index is 14.1. The number of rotatable bonds is 9. The highest BCUT2D eigenvalue weighted by atomic mass is 35.5. The molecule has 4 rings (SSSR count). The van der Waals surface area contributed by atoms with Crippen molar-refractivity contribution >= 4 is 46.7 Å². The SMILES string of the molecule is CCC(c1ccc(C(=O)NCCC(=O)O)cc1)N1C(=O)C(c2cc(Cl)cc(Cl)c2)=NC12CCC(C(C)C)CC2. The molecule has 1 aliphatic heterocycles. The van der Waals surface area contributed by atoms with Crippen LogP contribution < -0.4 is 5.32 Å². The highest BCUT2D eigenvalue weighted by molar-refractivity contribution is 6.47. The van der Waals surface area contributed by atoms with Crippen molar-refractivity contribution < 1.29 is 19.5 Å². The Kier molecular flexibility index (Phi) is 9.02. The number of nitrogens with one attached hydrogen (secondary N) is 1. The minimum atomic E-state index is -0.968. The smallest absolute Gasteiger partial charge is 0.305 e. The van der Waals surface area contributed by atoms with E-state index < -0.39 is 11.6 Å². The number of hydrogen-bond donors (Lipinski definition) is 2. The van der Waals surface area contributed by atoms with Crippen LogP contribution in [0, 0.1) is 11.8 Å². The van der Waals surface area contributed by atoms with Crippen LogP contribution >= 0.6 is 23.2 Å². The van der Waals surface area contributed by atoms with Crippen molar-refractivity contribution in [2.45, 2.75) is 71.0 Å². The number of hydrogen-bond acceptors (Lipinski definition) is 4. The van der Waals surface area contributed by atoms with Crippen LogP contribution in [-0.2, 0) is 9.59 Å². The maximum Gasteiger partial charge on any atom is 0.305 e. The molecule has 2 amide bonds. The number of halogens is 2. The minimum absolute atomic E-state index is 0.0588. The number of benzene rings is 2. The molecule has 1 aliphatic carbocycles. The van der Waals surface area contributed by atoms with E-state index in [-0.39, 0.29) is 30.8 Å². The summed E-state index contributed by atoms with van der Waals surface area (Å²) in [4.78, 5) is 44.4. The molecule has 39 heavy (non-hydrogen) atoms. The van der Waals surface area contributed by atoms with E-state index in [0.717, 1.165) is 31.2 Å². The molecule has 1 atom stereocenters. The molecule has 2 aromatic rings. The summed E-state index contributed by atoms with van der Waals surface area (Å²) in [6.45, 7) is 6.60. The number of carbonyl (C=O) groups excluding carboxylic acids is 2. The first-order valence-electron chi connectivity index (χ1n) is 13.5. The lowest BCUT2D eigenvalue weighted by Gasteiger charge is -2.46. The molecule has 0 aromatic heterocycles. The van der Waals surface area contributed by atoms with E-state index in [0.29, 0.717) is 45.1 Å². The fourth-order valence-electron chi connectivity index (χ4n) is 5.85.